The van der Waals surface area contributed by atoms with Crippen molar-refractivity contribution in [2.75, 3.05) is 19.3 Å². The second-order valence-electron chi connectivity index (χ2n) is 4.43. The van der Waals surface area contributed by atoms with Crippen LogP contribution in [0.4, 0.5) is 0 Å². The van der Waals surface area contributed by atoms with E-state index in [0.717, 1.165) is 6.26 Å². The molecule has 1 amide bonds. The Kier molecular flexibility index (Phi) is 4.76. The lowest BCUT2D eigenvalue weighted by Crippen LogP contribution is -2.34. The molecule has 0 saturated heterocycles. The lowest BCUT2D eigenvalue weighted by Gasteiger charge is -2.08. The standard InChI is InChI=1S/C13H14ClN3O3S/c1-21(19,20)16-7-6-15-13(18)10-8-12(14)17-11-5-3-2-4-9(10)11/h2-5,8,16H,6-7H2,1H3,(H,15,18). The number of nitrogens with one attached hydrogen (secondary N) is 2. The molecule has 2 N–H and O–H groups in total. The molecular weight excluding hydrogens is 314 g/mol. The van der Waals surface area contributed by atoms with E-state index in [2.05, 4.69) is 15.0 Å². The summed E-state index contributed by atoms with van der Waals surface area (Å²) in [5.74, 6) is -0.328. The molecule has 0 spiro atoms. The summed E-state index contributed by atoms with van der Waals surface area (Å²) >= 11 is 5.91. The number of hydrogen-bond acceptors (Lipinski definition) is 4. The number of para-hydroxylation sites is 1. The minimum atomic E-state index is -3.26. The first-order chi connectivity index (χ1) is 9.87. The van der Waals surface area contributed by atoms with Gasteiger partial charge in [0.25, 0.3) is 5.91 Å². The van der Waals surface area contributed by atoms with Crippen molar-refractivity contribution in [1.29, 1.82) is 0 Å². The number of carbonyl (C=O) groups excluding carboxylic acids is 1. The van der Waals surface area contributed by atoms with Gasteiger partial charge >= 0.3 is 0 Å². The highest BCUT2D eigenvalue weighted by molar-refractivity contribution is 7.88. The molecule has 6 nitrogen and oxygen atoms in total. The molecule has 0 aliphatic heterocycles. The van der Waals surface area contributed by atoms with Crippen LogP contribution in [0.2, 0.25) is 5.15 Å². The maximum Gasteiger partial charge on any atom is 0.252 e. The first kappa shape index (κ1) is 15.7. The molecule has 1 aromatic carbocycles. The Morgan fingerprint density at radius 2 is 2.00 bits per heavy atom. The van der Waals surface area contributed by atoms with Crippen molar-refractivity contribution in [3.63, 3.8) is 0 Å². The zero-order chi connectivity index (χ0) is 15.5. The van der Waals surface area contributed by atoms with Crippen LogP contribution in [0, 0.1) is 0 Å². The third-order valence-corrected chi connectivity index (χ3v) is 3.63. The van der Waals surface area contributed by atoms with E-state index in [4.69, 9.17) is 11.6 Å². The summed E-state index contributed by atoms with van der Waals surface area (Å²) in [5.41, 5.74) is 1.04. The number of halogens is 1. The predicted octanol–water partition coefficient (Wildman–Crippen LogP) is 1.17. The number of aromatic nitrogens is 1. The van der Waals surface area contributed by atoms with Gasteiger partial charge in [0, 0.05) is 18.5 Å². The van der Waals surface area contributed by atoms with Crippen LogP contribution in [0.3, 0.4) is 0 Å². The molecular formula is C13H14ClN3O3S. The van der Waals surface area contributed by atoms with Crippen LogP contribution in [0.5, 0.6) is 0 Å². The zero-order valence-electron chi connectivity index (χ0n) is 11.3. The summed E-state index contributed by atoms with van der Waals surface area (Å²) in [6.07, 6.45) is 1.06. The van der Waals surface area contributed by atoms with Crippen molar-refractivity contribution in [3.05, 3.63) is 41.0 Å². The highest BCUT2D eigenvalue weighted by Crippen LogP contribution is 2.20. The van der Waals surface area contributed by atoms with Crippen molar-refractivity contribution in [3.8, 4) is 0 Å². The Hall–Kier alpha value is -1.70. The summed E-state index contributed by atoms with van der Waals surface area (Å²) < 4.78 is 24.1. The van der Waals surface area contributed by atoms with Crippen LogP contribution < -0.4 is 10.0 Å². The normalized spacial score (nSPS) is 11.5. The Morgan fingerprint density at radius 3 is 2.71 bits per heavy atom. The van der Waals surface area contributed by atoms with Gasteiger partial charge < -0.3 is 5.32 Å². The first-order valence-corrected chi connectivity index (χ1v) is 8.42. The minimum absolute atomic E-state index is 0.126. The number of pyridine rings is 1. The Bertz CT molecular complexity index is 777. The van der Waals surface area contributed by atoms with Crippen molar-refractivity contribution < 1.29 is 13.2 Å². The monoisotopic (exact) mass is 327 g/mol. The highest BCUT2D eigenvalue weighted by atomic mass is 35.5. The number of fused-ring (bicyclic) bond motifs is 1. The summed E-state index contributed by atoms with van der Waals surface area (Å²) in [6.45, 7) is 0.307. The average Bonchev–Trinajstić information content (AvgIpc) is 2.41. The summed E-state index contributed by atoms with van der Waals surface area (Å²) in [4.78, 5) is 16.3. The van der Waals surface area contributed by atoms with Gasteiger partial charge in [0.15, 0.2) is 0 Å². The maximum absolute atomic E-state index is 12.2. The highest BCUT2D eigenvalue weighted by Gasteiger charge is 2.12. The number of benzene rings is 1. The molecule has 112 valence electrons. The van der Waals surface area contributed by atoms with Gasteiger partial charge in [-0.15, -0.1) is 0 Å². The van der Waals surface area contributed by atoms with Gasteiger partial charge in [-0.2, -0.15) is 0 Å². The SMILES string of the molecule is CS(=O)(=O)NCCNC(=O)c1cc(Cl)nc2ccccc12. The van der Waals surface area contributed by atoms with Crippen LogP contribution in [-0.2, 0) is 10.0 Å². The molecule has 1 heterocycles. The quantitative estimate of drug-likeness (QED) is 0.637. The molecule has 2 rings (SSSR count). The number of hydrogen-bond donors (Lipinski definition) is 2. The van der Waals surface area contributed by atoms with Gasteiger partial charge in [0.2, 0.25) is 10.0 Å². The fourth-order valence-electron chi connectivity index (χ4n) is 1.84. The molecule has 0 fully saturated rings. The molecule has 0 saturated carbocycles. The number of nitrogens with zero attached hydrogens (tertiary/aromatic N) is 1. The fraction of sp³-hybridized carbons (Fsp3) is 0.231. The lowest BCUT2D eigenvalue weighted by atomic mass is 10.1. The molecule has 0 radical (unpaired) electrons. The number of sulfonamides is 1. The minimum Gasteiger partial charge on any atom is -0.351 e. The second kappa shape index (κ2) is 6.38. The van der Waals surface area contributed by atoms with Gasteiger partial charge in [-0.1, -0.05) is 29.8 Å². The first-order valence-electron chi connectivity index (χ1n) is 6.15. The maximum atomic E-state index is 12.2. The van der Waals surface area contributed by atoms with Gasteiger partial charge in [-0.3, -0.25) is 4.79 Å². The molecule has 0 bridgehead atoms. The lowest BCUT2D eigenvalue weighted by molar-refractivity contribution is 0.0956. The Morgan fingerprint density at radius 1 is 1.29 bits per heavy atom. The van der Waals surface area contributed by atoms with Crippen LogP contribution >= 0.6 is 11.6 Å². The fourth-order valence-corrected chi connectivity index (χ4v) is 2.51. The van der Waals surface area contributed by atoms with Crippen molar-refractivity contribution in [2.24, 2.45) is 0 Å². The summed E-state index contributed by atoms with van der Waals surface area (Å²) in [7, 11) is -3.26. The zero-order valence-corrected chi connectivity index (χ0v) is 12.8. The molecule has 0 aliphatic carbocycles. The van der Waals surface area contributed by atoms with Crippen LogP contribution in [0.15, 0.2) is 30.3 Å². The van der Waals surface area contributed by atoms with Gasteiger partial charge in [0.05, 0.1) is 17.3 Å². The van der Waals surface area contributed by atoms with Crippen molar-refractivity contribution in [2.45, 2.75) is 0 Å². The molecule has 1 aromatic heterocycles. The molecule has 0 unspecified atom stereocenters. The van der Waals surface area contributed by atoms with Crippen LogP contribution in [0.1, 0.15) is 10.4 Å². The number of rotatable bonds is 5. The Balaban J connectivity index is 2.12. The van der Waals surface area contributed by atoms with Crippen molar-refractivity contribution in [1.82, 2.24) is 15.0 Å². The topological polar surface area (TPSA) is 88.2 Å². The van der Waals surface area contributed by atoms with E-state index in [0.29, 0.717) is 16.5 Å². The largest absolute Gasteiger partial charge is 0.351 e. The molecule has 0 atom stereocenters. The van der Waals surface area contributed by atoms with Crippen molar-refractivity contribution >= 4 is 38.4 Å². The van der Waals surface area contributed by atoms with E-state index in [9.17, 15) is 13.2 Å². The molecule has 8 heteroatoms. The third-order valence-electron chi connectivity index (χ3n) is 2.70. The molecule has 2 aromatic rings. The van der Waals surface area contributed by atoms with Gasteiger partial charge in [-0.25, -0.2) is 18.1 Å². The summed E-state index contributed by atoms with van der Waals surface area (Å²) in [5, 5.41) is 3.56. The summed E-state index contributed by atoms with van der Waals surface area (Å²) in [6, 6.07) is 8.65. The van der Waals surface area contributed by atoms with E-state index < -0.39 is 10.0 Å². The van der Waals surface area contributed by atoms with E-state index in [1.807, 2.05) is 6.07 Å². The molecule has 0 aliphatic rings. The van der Waals surface area contributed by atoms with E-state index in [1.165, 1.54) is 6.07 Å². The Labute approximate surface area is 127 Å². The second-order valence-corrected chi connectivity index (χ2v) is 6.65. The number of carbonyl (C=O) groups is 1. The van der Waals surface area contributed by atoms with Crippen LogP contribution in [0.25, 0.3) is 10.9 Å². The van der Waals surface area contributed by atoms with Crippen LogP contribution in [-0.4, -0.2) is 38.7 Å². The van der Waals surface area contributed by atoms with Gasteiger partial charge in [0.1, 0.15) is 5.15 Å². The predicted molar refractivity (Wildman–Crippen MR) is 81.9 cm³/mol. The smallest absolute Gasteiger partial charge is 0.252 e. The third kappa shape index (κ3) is 4.38. The van der Waals surface area contributed by atoms with E-state index >= 15 is 0 Å². The van der Waals surface area contributed by atoms with E-state index in [1.54, 1.807) is 18.2 Å². The van der Waals surface area contributed by atoms with E-state index in [-0.39, 0.29) is 24.1 Å². The molecule has 21 heavy (non-hydrogen) atoms. The average molecular weight is 328 g/mol. The van der Waals surface area contributed by atoms with Gasteiger partial charge in [-0.05, 0) is 12.1 Å². The number of amides is 1.